The van der Waals surface area contributed by atoms with Crippen LogP contribution in [0.1, 0.15) is 33.3 Å². The van der Waals surface area contributed by atoms with E-state index in [0.29, 0.717) is 16.1 Å². The van der Waals surface area contributed by atoms with Crippen molar-refractivity contribution in [3.05, 3.63) is 75.9 Å². The second-order valence-electron chi connectivity index (χ2n) is 6.63. The minimum absolute atomic E-state index is 0.00823. The average Bonchev–Trinajstić information content (AvgIpc) is 3.18. The van der Waals surface area contributed by atoms with E-state index in [9.17, 15) is 15.8 Å². The van der Waals surface area contributed by atoms with Crippen LogP contribution in [0.15, 0.2) is 48.5 Å². The molecule has 0 aliphatic carbocycles. The molecule has 1 atom stereocenters. The minimum atomic E-state index is -0.880. The summed E-state index contributed by atoms with van der Waals surface area (Å²) in [5, 5.41) is 30.2. The van der Waals surface area contributed by atoms with Crippen LogP contribution in [0.25, 0.3) is 21.3 Å². The lowest BCUT2D eigenvalue weighted by Gasteiger charge is -2.16. The van der Waals surface area contributed by atoms with Gasteiger partial charge in [-0.05, 0) is 30.2 Å². The lowest BCUT2D eigenvalue weighted by Crippen LogP contribution is -2.10. The number of anilines is 1. The van der Waals surface area contributed by atoms with Gasteiger partial charge in [-0.1, -0.05) is 36.4 Å². The molecule has 0 spiro atoms. The predicted molar refractivity (Wildman–Crippen MR) is 115 cm³/mol. The van der Waals surface area contributed by atoms with Crippen LogP contribution in [0, 0.1) is 40.9 Å². The molecule has 0 amide bonds. The number of benzene rings is 2. The number of aryl methyl sites for hydroxylation is 1. The summed E-state index contributed by atoms with van der Waals surface area (Å²) in [5.74, 6) is -0.888. The fourth-order valence-corrected chi connectivity index (χ4v) is 4.44. The first-order chi connectivity index (χ1) is 14.6. The molecule has 7 heteroatoms. The molecule has 0 saturated carbocycles. The van der Waals surface area contributed by atoms with Crippen molar-refractivity contribution in [3.8, 4) is 29.3 Å². The number of thiazole rings is 1. The Bertz CT molecular complexity index is 1380. The molecule has 0 unspecified atom stereocenters. The van der Waals surface area contributed by atoms with Gasteiger partial charge < -0.3 is 5.73 Å². The smallest absolute Gasteiger partial charge is 0.142 e. The second kappa shape index (κ2) is 7.64. The number of pyridine rings is 1. The van der Waals surface area contributed by atoms with Crippen LogP contribution in [0.5, 0.6) is 0 Å². The van der Waals surface area contributed by atoms with Gasteiger partial charge >= 0.3 is 0 Å². The molecule has 4 aromatic rings. The summed E-state index contributed by atoms with van der Waals surface area (Å²) >= 11 is 1.38. The van der Waals surface area contributed by atoms with E-state index in [4.69, 9.17) is 5.73 Å². The maximum absolute atomic E-state index is 10.0. The summed E-state index contributed by atoms with van der Waals surface area (Å²) in [6.45, 7) is 1.89. The van der Waals surface area contributed by atoms with Crippen molar-refractivity contribution in [1.82, 2.24) is 9.97 Å². The summed E-state index contributed by atoms with van der Waals surface area (Å²) in [4.78, 5) is 8.89. The Balaban J connectivity index is 2.03. The third-order valence-electron chi connectivity index (χ3n) is 4.85. The van der Waals surface area contributed by atoms with Gasteiger partial charge in [0.15, 0.2) is 0 Å². The van der Waals surface area contributed by atoms with Crippen LogP contribution in [0.4, 0.5) is 5.82 Å². The van der Waals surface area contributed by atoms with Crippen molar-refractivity contribution >= 4 is 27.4 Å². The van der Waals surface area contributed by atoms with Crippen molar-refractivity contribution in [2.24, 2.45) is 0 Å². The molecule has 0 aliphatic heterocycles. The summed E-state index contributed by atoms with van der Waals surface area (Å²) < 4.78 is 0.937. The van der Waals surface area contributed by atoms with Crippen LogP contribution in [-0.4, -0.2) is 9.97 Å². The Labute approximate surface area is 177 Å². The molecule has 6 nitrogen and oxygen atoms in total. The highest BCUT2D eigenvalue weighted by Crippen LogP contribution is 2.39. The molecule has 0 aliphatic rings. The fraction of sp³-hybridized carbons (Fsp3) is 0.0870. The number of nitrogen functional groups attached to an aromatic ring is 1. The molecule has 30 heavy (non-hydrogen) atoms. The first-order valence-corrected chi connectivity index (χ1v) is 9.85. The Morgan fingerprint density at radius 1 is 0.933 bits per heavy atom. The number of nitrogens with zero attached hydrogens (tertiary/aromatic N) is 5. The summed E-state index contributed by atoms with van der Waals surface area (Å²) in [6, 6.07) is 21.5. The first-order valence-electron chi connectivity index (χ1n) is 9.03. The quantitative estimate of drug-likeness (QED) is 0.528. The molecule has 0 fully saturated rings. The van der Waals surface area contributed by atoms with Crippen molar-refractivity contribution in [3.63, 3.8) is 0 Å². The second-order valence-corrected chi connectivity index (χ2v) is 7.69. The van der Waals surface area contributed by atoms with Gasteiger partial charge in [-0.15, -0.1) is 11.3 Å². The van der Waals surface area contributed by atoms with Crippen molar-refractivity contribution in [2.75, 3.05) is 5.73 Å². The van der Waals surface area contributed by atoms with Crippen LogP contribution in [-0.2, 0) is 0 Å². The average molecular weight is 406 g/mol. The molecule has 4 rings (SSSR count). The van der Waals surface area contributed by atoms with Crippen LogP contribution in [0.2, 0.25) is 0 Å². The molecule has 2 aromatic heterocycles. The Morgan fingerprint density at radius 3 is 2.30 bits per heavy atom. The number of para-hydroxylation sites is 1. The Hall–Kier alpha value is -4.25. The summed E-state index contributed by atoms with van der Waals surface area (Å²) in [7, 11) is 0. The number of rotatable bonds is 3. The predicted octanol–water partition coefficient (Wildman–Crippen LogP) is 4.65. The Morgan fingerprint density at radius 2 is 1.63 bits per heavy atom. The number of hydrogen-bond donors (Lipinski definition) is 1. The van der Waals surface area contributed by atoms with Gasteiger partial charge in [0.25, 0.3) is 0 Å². The highest BCUT2D eigenvalue weighted by molar-refractivity contribution is 7.18. The summed E-state index contributed by atoms with van der Waals surface area (Å²) in [5.41, 5.74) is 9.41. The Kier molecular flexibility index (Phi) is 4.86. The van der Waals surface area contributed by atoms with E-state index in [2.05, 4.69) is 28.2 Å². The zero-order valence-corrected chi connectivity index (χ0v) is 16.7. The van der Waals surface area contributed by atoms with Crippen LogP contribution >= 0.6 is 11.3 Å². The van der Waals surface area contributed by atoms with E-state index < -0.39 is 5.92 Å². The fourth-order valence-electron chi connectivity index (χ4n) is 3.43. The molecule has 2 aromatic carbocycles. The zero-order chi connectivity index (χ0) is 21.3. The van der Waals surface area contributed by atoms with E-state index >= 15 is 0 Å². The highest BCUT2D eigenvalue weighted by atomic mass is 32.1. The monoisotopic (exact) mass is 406 g/mol. The molecule has 2 heterocycles. The van der Waals surface area contributed by atoms with Gasteiger partial charge in [0.2, 0.25) is 0 Å². The van der Waals surface area contributed by atoms with Gasteiger partial charge in [0, 0.05) is 5.56 Å². The number of aromatic nitrogens is 2. The van der Waals surface area contributed by atoms with E-state index in [1.165, 1.54) is 11.3 Å². The third-order valence-corrected chi connectivity index (χ3v) is 5.95. The van der Waals surface area contributed by atoms with Crippen LogP contribution < -0.4 is 5.73 Å². The maximum Gasteiger partial charge on any atom is 0.142 e. The molecule has 0 saturated heterocycles. The SMILES string of the molecule is Cc1ccccc1-c1c(C#N)c(N)nc([C@H](C#N)c2nc3ccccc3s2)c1C#N. The molecule has 0 bridgehead atoms. The molecular weight excluding hydrogens is 392 g/mol. The van der Waals surface area contributed by atoms with E-state index in [1.54, 1.807) is 0 Å². The van der Waals surface area contributed by atoms with E-state index in [1.807, 2.05) is 55.5 Å². The lowest BCUT2D eigenvalue weighted by molar-refractivity contribution is 0.950. The first kappa shape index (κ1) is 19.1. The van der Waals surface area contributed by atoms with Gasteiger partial charge in [0.1, 0.15) is 34.4 Å². The van der Waals surface area contributed by atoms with Gasteiger partial charge in [-0.3, -0.25) is 0 Å². The topological polar surface area (TPSA) is 123 Å². The molecule has 2 N–H and O–H groups in total. The third kappa shape index (κ3) is 3.02. The highest BCUT2D eigenvalue weighted by Gasteiger charge is 2.28. The molecule has 0 radical (unpaired) electrons. The number of hydrogen-bond acceptors (Lipinski definition) is 7. The zero-order valence-electron chi connectivity index (χ0n) is 15.9. The van der Waals surface area contributed by atoms with E-state index in [-0.39, 0.29) is 22.6 Å². The summed E-state index contributed by atoms with van der Waals surface area (Å²) in [6.07, 6.45) is 0. The van der Waals surface area contributed by atoms with E-state index in [0.717, 1.165) is 15.8 Å². The van der Waals surface area contributed by atoms with Gasteiger partial charge in [0.05, 0.1) is 27.5 Å². The van der Waals surface area contributed by atoms with Gasteiger partial charge in [-0.2, -0.15) is 15.8 Å². The minimum Gasteiger partial charge on any atom is -0.383 e. The van der Waals surface area contributed by atoms with Crippen molar-refractivity contribution in [2.45, 2.75) is 12.8 Å². The largest absolute Gasteiger partial charge is 0.383 e. The van der Waals surface area contributed by atoms with Crippen LogP contribution in [0.3, 0.4) is 0 Å². The number of fused-ring (bicyclic) bond motifs is 1. The number of nitrogens with two attached hydrogens (primary N) is 1. The normalized spacial score (nSPS) is 11.4. The molecular formula is C23H14N6S. The lowest BCUT2D eigenvalue weighted by atomic mass is 9.89. The van der Waals surface area contributed by atoms with Gasteiger partial charge in [-0.25, -0.2) is 9.97 Å². The molecule has 142 valence electrons. The van der Waals surface area contributed by atoms with Crippen molar-refractivity contribution < 1.29 is 0 Å². The van der Waals surface area contributed by atoms with Crippen molar-refractivity contribution in [1.29, 1.82) is 15.8 Å². The maximum atomic E-state index is 10.0. The standard InChI is InChI=1S/C23H14N6S/c1-13-6-2-3-7-14(13)20-15(10-24)21(29-22(27)16(20)11-25)17(12-26)23-28-18-8-4-5-9-19(18)30-23/h2-9,17H,1H3,(H2,27,29)/t17-/m0/s1. The number of nitriles is 3.